The first-order valence-corrected chi connectivity index (χ1v) is 2.66. The second-order valence-corrected chi connectivity index (χ2v) is 1.76. The Morgan fingerprint density at radius 1 is 1.80 bits per heavy atom. The second kappa shape index (κ2) is 2.38. The third kappa shape index (κ3) is 1.07. The van der Waals surface area contributed by atoms with Crippen LogP contribution in [-0.4, -0.2) is 20.9 Å². The summed E-state index contributed by atoms with van der Waals surface area (Å²) in [6.07, 6.45) is 1.74. The van der Waals surface area contributed by atoms with E-state index in [4.69, 9.17) is 5.11 Å². The zero-order valence-corrected chi connectivity index (χ0v) is 5.07. The number of aldehydes is 1. The van der Waals surface area contributed by atoms with Crippen molar-refractivity contribution >= 4 is 6.29 Å². The van der Waals surface area contributed by atoms with Crippen molar-refractivity contribution in [1.82, 2.24) is 9.55 Å². The third-order valence-corrected chi connectivity index (χ3v) is 1.05. The molecule has 0 saturated carbocycles. The number of hydrogen-bond donors (Lipinski definition) is 2. The first-order valence-electron chi connectivity index (χ1n) is 2.66. The van der Waals surface area contributed by atoms with Crippen molar-refractivity contribution in [2.24, 2.45) is 0 Å². The molecule has 54 valence electrons. The molecule has 0 aliphatic heterocycles. The van der Waals surface area contributed by atoms with E-state index in [1.54, 1.807) is 0 Å². The lowest BCUT2D eigenvalue weighted by molar-refractivity contribution is -0.108. The predicted octanol–water partition coefficient (Wildman–Crippen LogP) is -0.919. The van der Waals surface area contributed by atoms with Crippen LogP contribution >= 0.6 is 0 Å². The molecule has 2 N–H and O–H groups in total. The van der Waals surface area contributed by atoms with Crippen LogP contribution in [0.1, 0.15) is 0 Å². The number of nitrogens with one attached hydrogen (secondary N) is 1. The molecule has 5 heteroatoms. The molecule has 0 aromatic carbocycles. The summed E-state index contributed by atoms with van der Waals surface area (Å²) < 4.78 is 1.07. The molecule has 0 fully saturated rings. The van der Waals surface area contributed by atoms with E-state index in [-0.39, 0.29) is 12.4 Å². The Kier molecular flexibility index (Phi) is 1.57. The molecule has 0 saturated heterocycles. The van der Waals surface area contributed by atoms with Gasteiger partial charge in [-0.15, -0.1) is 0 Å². The Bertz CT molecular complexity index is 285. The molecule has 1 rings (SSSR count). The van der Waals surface area contributed by atoms with Gasteiger partial charge in [-0.25, -0.2) is 4.79 Å². The van der Waals surface area contributed by atoms with E-state index in [9.17, 15) is 9.59 Å². The second-order valence-electron chi connectivity index (χ2n) is 1.76. The van der Waals surface area contributed by atoms with Crippen LogP contribution in [0.15, 0.2) is 11.0 Å². The minimum Gasteiger partial charge on any atom is -0.493 e. The molecule has 0 unspecified atom stereocenters. The van der Waals surface area contributed by atoms with Gasteiger partial charge in [0, 0.05) is 0 Å². The highest BCUT2D eigenvalue weighted by atomic mass is 16.3. The van der Waals surface area contributed by atoms with E-state index in [0.717, 1.165) is 10.8 Å². The number of rotatable bonds is 2. The number of hydrogen-bond acceptors (Lipinski definition) is 3. The molecule has 10 heavy (non-hydrogen) atoms. The summed E-state index contributed by atoms with van der Waals surface area (Å²) in [5, 5.41) is 8.67. The maximum atomic E-state index is 10.6. The van der Waals surface area contributed by atoms with Crippen LogP contribution in [-0.2, 0) is 11.3 Å². The zero-order valence-electron chi connectivity index (χ0n) is 5.07. The van der Waals surface area contributed by atoms with Crippen molar-refractivity contribution in [3.63, 3.8) is 0 Å². The fraction of sp³-hybridized carbons (Fsp3) is 0.200. The van der Waals surface area contributed by atoms with Crippen LogP contribution in [0.2, 0.25) is 0 Å². The molecule has 1 heterocycles. The molecule has 5 nitrogen and oxygen atoms in total. The SMILES string of the molecule is O=CCn1cc(O)[nH]c1=O. The molecular formula is C5H6N2O3. The van der Waals surface area contributed by atoms with E-state index in [2.05, 4.69) is 4.98 Å². The first kappa shape index (κ1) is 6.60. The Balaban J connectivity index is 3.03. The number of aromatic hydroxyl groups is 1. The van der Waals surface area contributed by atoms with Crippen LogP contribution in [0.4, 0.5) is 0 Å². The molecule has 0 bridgehead atoms. The van der Waals surface area contributed by atoms with Gasteiger partial charge < -0.3 is 9.90 Å². The monoisotopic (exact) mass is 142 g/mol. The van der Waals surface area contributed by atoms with Gasteiger partial charge in [0.15, 0.2) is 0 Å². The smallest absolute Gasteiger partial charge is 0.328 e. The fourth-order valence-corrected chi connectivity index (χ4v) is 0.636. The summed E-state index contributed by atoms with van der Waals surface area (Å²) in [5.41, 5.74) is -0.482. The Labute approximate surface area is 55.9 Å². The predicted molar refractivity (Wildman–Crippen MR) is 32.8 cm³/mol. The highest BCUT2D eigenvalue weighted by molar-refractivity contribution is 5.49. The van der Waals surface area contributed by atoms with E-state index in [1.807, 2.05) is 0 Å². The summed E-state index contributed by atoms with van der Waals surface area (Å²) in [6.45, 7) is -0.0319. The number of carbonyl (C=O) groups excluding carboxylic acids is 1. The highest BCUT2D eigenvalue weighted by Gasteiger charge is 1.97. The van der Waals surface area contributed by atoms with Gasteiger partial charge in [-0.05, 0) is 0 Å². The fourth-order valence-electron chi connectivity index (χ4n) is 0.636. The van der Waals surface area contributed by atoms with Crippen molar-refractivity contribution in [3.05, 3.63) is 16.7 Å². The van der Waals surface area contributed by atoms with Crippen LogP contribution in [0.25, 0.3) is 0 Å². The van der Waals surface area contributed by atoms with E-state index < -0.39 is 5.69 Å². The quantitative estimate of drug-likeness (QED) is 0.524. The summed E-state index contributed by atoms with van der Waals surface area (Å²) in [5.74, 6) is -0.230. The number of aromatic amines is 1. The number of aromatic nitrogens is 2. The molecule has 0 atom stereocenters. The molecule has 0 amide bonds. The van der Waals surface area contributed by atoms with Crippen molar-refractivity contribution in [2.75, 3.05) is 0 Å². The van der Waals surface area contributed by atoms with Crippen LogP contribution < -0.4 is 5.69 Å². The van der Waals surface area contributed by atoms with Gasteiger partial charge >= 0.3 is 5.69 Å². The third-order valence-electron chi connectivity index (χ3n) is 1.05. The number of H-pyrrole nitrogens is 1. The van der Waals surface area contributed by atoms with Gasteiger partial charge in [-0.1, -0.05) is 0 Å². The van der Waals surface area contributed by atoms with Crippen LogP contribution in [0.5, 0.6) is 5.88 Å². The van der Waals surface area contributed by atoms with Gasteiger partial charge in [0.25, 0.3) is 0 Å². The van der Waals surface area contributed by atoms with Crippen molar-refractivity contribution < 1.29 is 9.90 Å². The summed E-state index contributed by atoms with van der Waals surface area (Å²) in [7, 11) is 0. The minimum atomic E-state index is -0.482. The highest BCUT2D eigenvalue weighted by Crippen LogP contribution is 1.95. The molecule has 0 spiro atoms. The average molecular weight is 142 g/mol. The lowest BCUT2D eigenvalue weighted by Crippen LogP contribution is -2.16. The largest absolute Gasteiger partial charge is 0.493 e. The topological polar surface area (TPSA) is 75.1 Å². The zero-order chi connectivity index (χ0) is 7.56. The van der Waals surface area contributed by atoms with E-state index in [0.29, 0.717) is 6.29 Å². The Hall–Kier alpha value is -1.52. The minimum absolute atomic E-state index is 0.0319. The van der Waals surface area contributed by atoms with Crippen molar-refractivity contribution in [3.8, 4) is 5.88 Å². The normalized spacial score (nSPS) is 9.60. The molecule has 1 aromatic rings. The number of imidazole rings is 1. The average Bonchev–Trinajstić information content (AvgIpc) is 2.13. The van der Waals surface area contributed by atoms with Gasteiger partial charge in [-0.3, -0.25) is 9.55 Å². The summed E-state index contributed by atoms with van der Waals surface area (Å²) in [4.78, 5) is 22.6. The Morgan fingerprint density at radius 2 is 2.50 bits per heavy atom. The number of carbonyl (C=O) groups is 1. The lowest BCUT2D eigenvalue weighted by Gasteiger charge is -1.86. The van der Waals surface area contributed by atoms with E-state index >= 15 is 0 Å². The van der Waals surface area contributed by atoms with E-state index in [1.165, 1.54) is 0 Å². The summed E-state index contributed by atoms with van der Waals surface area (Å²) in [6, 6.07) is 0. The Morgan fingerprint density at radius 3 is 2.90 bits per heavy atom. The van der Waals surface area contributed by atoms with Crippen molar-refractivity contribution in [2.45, 2.75) is 6.54 Å². The molecule has 0 radical (unpaired) electrons. The van der Waals surface area contributed by atoms with Crippen molar-refractivity contribution in [1.29, 1.82) is 0 Å². The van der Waals surface area contributed by atoms with Crippen LogP contribution in [0.3, 0.4) is 0 Å². The maximum Gasteiger partial charge on any atom is 0.328 e. The first-order chi connectivity index (χ1) is 4.74. The molecule has 0 aliphatic carbocycles. The molecule has 1 aromatic heterocycles. The lowest BCUT2D eigenvalue weighted by atomic mass is 10.7. The molecule has 0 aliphatic rings. The number of nitrogens with zero attached hydrogens (tertiary/aromatic N) is 1. The molecular weight excluding hydrogens is 136 g/mol. The van der Waals surface area contributed by atoms with Gasteiger partial charge in [0.1, 0.15) is 6.29 Å². The standard InChI is InChI=1S/C5H6N2O3/c8-2-1-7-3-4(9)6-5(7)10/h2-3,9H,1H2,(H,6,10). The van der Waals surface area contributed by atoms with Gasteiger partial charge in [0.2, 0.25) is 5.88 Å². The maximum absolute atomic E-state index is 10.6. The van der Waals surface area contributed by atoms with Gasteiger partial charge in [0.05, 0.1) is 12.7 Å². The van der Waals surface area contributed by atoms with Crippen LogP contribution in [0, 0.1) is 0 Å². The van der Waals surface area contributed by atoms with Gasteiger partial charge in [-0.2, -0.15) is 0 Å². The summed E-state index contributed by atoms with van der Waals surface area (Å²) >= 11 is 0.